The summed E-state index contributed by atoms with van der Waals surface area (Å²) in [5.41, 5.74) is 2.03. The molecule has 3 aromatic carbocycles. The van der Waals surface area contributed by atoms with Crippen molar-refractivity contribution in [2.75, 3.05) is 20.6 Å². The Morgan fingerprint density at radius 3 is 2.33 bits per heavy atom. The lowest BCUT2D eigenvalue weighted by Gasteiger charge is -2.47. The molecule has 1 saturated heterocycles. The van der Waals surface area contributed by atoms with Crippen LogP contribution in [-0.4, -0.2) is 64.9 Å². The van der Waals surface area contributed by atoms with Crippen molar-refractivity contribution >= 4 is 18.2 Å². The molecule has 2 N–H and O–H groups in total. The molecule has 0 bridgehead atoms. The largest absolute Gasteiger partial charge is 0.508 e. The summed E-state index contributed by atoms with van der Waals surface area (Å²) in [5.74, 6) is -2.23. The Morgan fingerprint density at radius 2 is 1.69 bits per heavy atom. The van der Waals surface area contributed by atoms with Gasteiger partial charge in [0.15, 0.2) is 0 Å². The van der Waals surface area contributed by atoms with Crippen molar-refractivity contribution in [1.82, 2.24) is 20.2 Å². The molecule has 1 aliphatic rings. The van der Waals surface area contributed by atoms with E-state index in [2.05, 4.69) is 5.32 Å². The van der Waals surface area contributed by atoms with Crippen LogP contribution in [0, 0.1) is 17.7 Å². The monoisotopic (exact) mass is 532 g/mol. The minimum absolute atomic E-state index is 0.00651. The first kappa shape index (κ1) is 27.8. The molecule has 204 valence electrons. The van der Waals surface area contributed by atoms with Gasteiger partial charge in [0, 0.05) is 39.3 Å². The summed E-state index contributed by atoms with van der Waals surface area (Å²) in [6, 6.07) is 21.0. The quantitative estimate of drug-likeness (QED) is 0.325. The molecular formula is C30H33FN4O4. The van der Waals surface area contributed by atoms with Crippen molar-refractivity contribution < 1.29 is 23.9 Å². The van der Waals surface area contributed by atoms with Gasteiger partial charge in [0.1, 0.15) is 17.9 Å². The second-order valence-electron chi connectivity index (χ2n) is 9.90. The van der Waals surface area contributed by atoms with Crippen molar-refractivity contribution in [3.05, 3.63) is 101 Å². The van der Waals surface area contributed by atoms with Crippen LogP contribution in [0.3, 0.4) is 0 Å². The number of phenols is 1. The summed E-state index contributed by atoms with van der Waals surface area (Å²) < 4.78 is 14.6. The number of hydrogen-bond acceptors (Lipinski definition) is 5. The fourth-order valence-electron chi connectivity index (χ4n) is 5.10. The van der Waals surface area contributed by atoms with Crippen LogP contribution in [0.4, 0.5) is 9.18 Å². The highest BCUT2D eigenvalue weighted by Crippen LogP contribution is 2.32. The van der Waals surface area contributed by atoms with Crippen LogP contribution < -0.4 is 5.32 Å². The summed E-state index contributed by atoms with van der Waals surface area (Å²) >= 11 is 0. The lowest BCUT2D eigenvalue weighted by atomic mass is 9.78. The van der Waals surface area contributed by atoms with Gasteiger partial charge in [0.25, 0.3) is 0 Å². The van der Waals surface area contributed by atoms with Crippen LogP contribution in [0.15, 0.2) is 78.9 Å². The summed E-state index contributed by atoms with van der Waals surface area (Å²) in [6.07, 6.45) is 0.967. The second kappa shape index (κ2) is 12.5. The molecule has 1 aliphatic heterocycles. The van der Waals surface area contributed by atoms with Gasteiger partial charge in [-0.1, -0.05) is 60.7 Å². The van der Waals surface area contributed by atoms with E-state index in [1.54, 1.807) is 49.4 Å². The molecule has 39 heavy (non-hydrogen) atoms. The third kappa shape index (κ3) is 6.61. The Balaban J connectivity index is 1.66. The molecule has 0 spiro atoms. The van der Waals surface area contributed by atoms with E-state index in [1.165, 1.54) is 28.1 Å². The van der Waals surface area contributed by atoms with E-state index in [0.717, 1.165) is 17.4 Å². The Labute approximate surface area is 227 Å². The van der Waals surface area contributed by atoms with Crippen LogP contribution in [-0.2, 0) is 29.1 Å². The van der Waals surface area contributed by atoms with Crippen LogP contribution in [0.1, 0.15) is 16.7 Å². The Kier molecular flexibility index (Phi) is 8.93. The van der Waals surface area contributed by atoms with Gasteiger partial charge in [0.05, 0.1) is 17.9 Å². The number of benzene rings is 3. The minimum Gasteiger partial charge on any atom is -0.508 e. The van der Waals surface area contributed by atoms with Crippen LogP contribution >= 0.6 is 0 Å². The van der Waals surface area contributed by atoms with E-state index in [-0.39, 0.29) is 37.7 Å². The molecule has 3 atom stereocenters. The molecule has 3 aromatic rings. The summed E-state index contributed by atoms with van der Waals surface area (Å²) in [7, 11) is 3.41. The molecule has 1 fully saturated rings. The topological polar surface area (TPSA) is 93.2 Å². The average Bonchev–Trinajstić information content (AvgIpc) is 2.93. The first-order valence-corrected chi connectivity index (χ1v) is 12.8. The number of piperidine rings is 1. The van der Waals surface area contributed by atoms with Gasteiger partial charge in [-0.2, -0.15) is 0 Å². The van der Waals surface area contributed by atoms with Crippen molar-refractivity contribution in [3.8, 4) is 5.75 Å². The first-order chi connectivity index (χ1) is 18.8. The van der Waals surface area contributed by atoms with E-state index in [4.69, 9.17) is 0 Å². The number of likely N-dealkylation sites (tertiary alicyclic amines) is 1. The maximum Gasteiger partial charge on any atom is 0.332 e. The number of rotatable bonds is 9. The first-order valence-electron chi connectivity index (χ1n) is 12.8. The van der Waals surface area contributed by atoms with E-state index < -0.39 is 29.7 Å². The number of nitrogens with one attached hydrogen (secondary N) is 1. The van der Waals surface area contributed by atoms with E-state index in [9.17, 15) is 23.9 Å². The zero-order valence-corrected chi connectivity index (χ0v) is 22.0. The van der Waals surface area contributed by atoms with Crippen molar-refractivity contribution in [3.63, 3.8) is 0 Å². The molecule has 4 rings (SSSR count). The predicted molar refractivity (Wildman–Crippen MR) is 145 cm³/mol. The van der Waals surface area contributed by atoms with Crippen molar-refractivity contribution in [2.45, 2.75) is 25.6 Å². The van der Waals surface area contributed by atoms with Crippen molar-refractivity contribution in [2.24, 2.45) is 11.8 Å². The van der Waals surface area contributed by atoms with Crippen LogP contribution in [0.5, 0.6) is 5.75 Å². The highest BCUT2D eigenvalue weighted by molar-refractivity contribution is 5.85. The van der Waals surface area contributed by atoms with Gasteiger partial charge in [-0.05, 0) is 35.7 Å². The van der Waals surface area contributed by atoms with Gasteiger partial charge in [-0.25, -0.2) is 14.2 Å². The molecule has 9 heteroatoms. The maximum atomic E-state index is 14.6. The number of nitrogens with zero attached hydrogens (tertiary/aromatic N) is 3. The molecule has 0 aromatic heterocycles. The Bertz CT molecular complexity index is 1290. The number of aldehydes is 1. The second-order valence-corrected chi connectivity index (χ2v) is 9.90. The third-order valence-electron chi connectivity index (χ3n) is 7.05. The van der Waals surface area contributed by atoms with E-state index in [0.29, 0.717) is 5.56 Å². The predicted octanol–water partition coefficient (Wildman–Crippen LogP) is 3.60. The van der Waals surface area contributed by atoms with Gasteiger partial charge in [-0.3, -0.25) is 9.80 Å². The molecule has 2 unspecified atom stereocenters. The van der Waals surface area contributed by atoms with Crippen LogP contribution in [0.25, 0.3) is 0 Å². The summed E-state index contributed by atoms with van der Waals surface area (Å²) in [6.45, 7) is 0.351. The number of halogens is 1. The van der Waals surface area contributed by atoms with Crippen LogP contribution in [0.2, 0.25) is 0 Å². The molecule has 3 amide bonds. The number of carbonyl (C=O) groups is 3. The lowest BCUT2D eigenvalue weighted by molar-refractivity contribution is -0.152. The molecule has 0 saturated carbocycles. The summed E-state index contributed by atoms with van der Waals surface area (Å²) in [5, 5.41) is 15.7. The fraction of sp³-hybridized carbons (Fsp3) is 0.300. The normalized spacial score (nSPS) is 19.1. The number of urea groups is 1. The number of hydrogen-bond donors (Lipinski definition) is 2. The highest BCUT2D eigenvalue weighted by Gasteiger charge is 2.47. The molecule has 1 heterocycles. The number of carbonyl (C=O) groups excluding carboxylic acids is 3. The number of amides is 3. The molecule has 0 radical (unpaired) electrons. The number of phenolic OH excluding ortho intramolecular Hbond substituents is 1. The van der Waals surface area contributed by atoms with Crippen molar-refractivity contribution in [1.29, 1.82) is 0 Å². The Morgan fingerprint density at radius 1 is 1.03 bits per heavy atom. The molecule has 0 aliphatic carbocycles. The highest BCUT2D eigenvalue weighted by atomic mass is 19.1. The lowest BCUT2D eigenvalue weighted by Crippen LogP contribution is -2.64. The number of aromatic hydroxyl groups is 1. The zero-order valence-electron chi connectivity index (χ0n) is 22.0. The van der Waals surface area contributed by atoms with Gasteiger partial charge in [0.2, 0.25) is 5.91 Å². The fourth-order valence-corrected chi connectivity index (χ4v) is 5.10. The maximum absolute atomic E-state index is 14.6. The minimum atomic E-state index is -0.812. The molecular weight excluding hydrogens is 499 g/mol. The van der Waals surface area contributed by atoms with E-state index in [1.807, 2.05) is 30.3 Å². The zero-order chi connectivity index (χ0) is 27.9. The average molecular weight is 533 g/mol. The SMILES string of the molecule is CN(C)N(C(=O)NCc1ccccc1)C1CN(Cc2ccccc2F)C(=O)[C@H](Cc2ccc(O)cc2)C1C=O. The van der Waals surface area contributed by atoms with E-state index >= 15 is 0 Å². The summed E-state index contributed by atoms with van der Waals surface area (Å²) in [4.78, 5) is 41.3. The standard InChI is InChI=1S/C30H33FN4O4/c1-33(2)35(30(39)32-17-22-8-4-3-5-9-22)28-19-34(18-23-10-6-7-11-27(23)31)29(38)25(26(28)20-36)16-21-12-14-24(37)15-13-21/h3-15,20,25-26,28,37H,16-19H2,1-2H3,(H,32,39)/t25-,26?,28?/m1/s1. The number of hydrazine groups is 1. The Hall–Kier alpha value is -4.24. The van der Waals surface area contributed by atoms with Gasteiger partial charge < -0.3 is 20.1 Å². The third-order valence-corrected chi connectivity index (χ3v) is 7.05. The van der Waals surface area contributed by atoms with Gasteiger partial charge >= 0.3 is 6.03 Å². The van der Waals surface area contributed by atoms with Gasteiger partial charge in [-0.15, -0.1) is 0 Å². The smallest absolute Gasteiger partial charge is 0.332 e. The molecule has 8 nitrogen and oxygen atoms in total.